The zero-order valence-electron chi connectivity index (χ0n) is 11.7. The molecule has 0 aromatic rings. The van der Waals surface area contributed by atoms with Crippen LogP contribution >= 0.6 is 12.4 Å². The molecule has 2 aliphatic heterocycles. The van der Waals surface area contributed by atoms with E-state index < -0.39 is 0 Å². The summed E-state index contributed by atoms with van der Waals surface area (Å²) < 4.78 is 0. The Morgan fingerprint density at radius 1 is 1.33 bits per heavy atom. The molecule has 2 aliphatic rings. The highest BCUT2D eigenvalue weighted by Gasteiger charge is 2.32. The molecule has 2 saturated heterocycles. The Bertz CT molecular complexity index is 265. The number of amides is 1. The van der Waals surface area contributed by atoms with Crippen LogP contribution in [0.2, 0.25) is 0 Å². The van der Waals surface area contributed by atoms with Crippen LogP contribution in [0.25, 0.3) is 0 Å². The maximum Gasteiger partial charge on any atom is 0.227 e. The maximum absolute atomic E-state index is 12.5. The number of carbonyl (C=O) groups excluding carboxylic acids is 1. The van der Waals surface area contributed by atoms with Crippen molar-refractivity contribution in [3.8, 4) is 0 Å². The highest BCUT2D eigenvalue weighted by Crippen LogP contribution is 2.25. The summed E-state index contributed by atoms with van der Waals surface area (Å²) in [6.45, 7) is 7.41. The molecule has 1 amide bonds. The molecule has 4 heteroatoms. The molecule has 0 bridgehead atoms. The number of likely N-dealkylation sites (tertiary alicyclic amines) is 1. The molecule has 0 saturated carbocycles. The van der Waals surface area contributed by atoms with Gasteiger partial charge in [0.05, 0.1) is 5.92 Å². The number of carbonyl (C=O) groups is 1. The molecule has 2 atom stereocenters. The number of hydrogen-bond acceptors (Lipinski definition) is 2. The third-order valence-electron chi connectivity index (χ3n) is 4.06. The van der Waals surface area contributed by atoms with E-state index in [4.69, 9.17) is 0 Å². The van der Waals surface area contributed by atoms with Crippen LogP contribution in [-0.2, 0) is 4.79 Å². The predicted molar refractivity (Wildman–Crippen MR) is 77.0 cm³/mol. The third-order valence-corrected chi connectivity index (χ3v) is 4.06. The van der Waals surface area contributed by atoms with Gasteiger partial charge >= 0.3 is 0 Å². The Balaban J connectivity index is 0.00000162. The molecule has 2 heterocycles. The van der Waals surface area contributed by atoms with E-state index in [1.165, 1.54) is 25.7 Å². The third kappa shape index (κ3) is 3.86. The highest BCUT2D eigenvalue weighted by atomic mass is 35.5. The zero-order chi connectivity index (χ0) is 12.3. The molecule has 0 spiro atoms. The van der Waals surface area contributed by atoms with Crippen LogP contribution in [0.15, 0.2) is 0 Å². The Labute approximate surface area is 117 Å². The summed E-state index contributed by atoms with van der Waals surface area (Å²) in [5, 5.41) is 3.30. The first-order valence-corrected chi connectivity index (χ1v) is 7.19. The van der Waals surface area contributed by atoms with Crippen molar-refractivity contribution in [2.24, 2.45) is 11.8 Å². The van der Waals surface area contributed by atoms with Gasteiger partial charge in [-0.1, -0.05) is 13.8 Å². The fraction of sp³-hybridized carbons (Fsp3) is 0.929. The summed E-state index contributed by atoms with van der Waals surface area (Å²) in [5.41, 5.74) is 0. The summed E-state index contributed by atoms with van der Waals surface area (Å²) in [6.07, 6.45) is 5.91. The molecule has 18 heavy (non-hydrogen) atoms. The van der Waals surface area contributed by atoms with Gasteiger partial charge in [0.15, 0.2) is 0 Å². The molecule has 0 radical (unpaired) electrons. The lowest BCUT2D eigenvalue weighted by atomic mass is 9.92. The summed E-state index contributed by atoms with van der Waals surface area (Å²) in [6, 6.07) is 0.511. The fourth-order valence-corrected chi connectivity index (χ4v) is 3.18. The zero-order valence-corrected chi connectivity index (χ0v) is 12.5. The second-order valence-electron chi connectivity index (χ2n) is 6.00. The molecule has 0 aromatic heterocycles. The maximum atomic E-state index is 12.5. The minimum absolute atomic E-state index is 0. The Kier molecular flexibility index (Phi) is 6.44. The van der Waals surface area contributed by atoms with E-state index in [-0.39, 0.29) is 18.3 Å². The molecule has 0 aromatic carbocycles. The largest absolute Gasteiger partial charge is 0.339 e. The average molecular weight is 275 g/mol. The van der Waals surface area contributed by atoms with Gasteiger partial charge in [-0.05, 0) is 44.6 Å². The van der Waals surface area contributed by atoms with Gasteiger partial charge < -0.3 is 10.2 Å². The number of rotatable bonds is 3. The van der Waals surface area contributed by atoms with Crippen molar-refractivity contribution in [2.75, 3.05) is 19.6 Å². The molecule has 1 N–H and O–H groups in total. The van der Waals surface area contributed by atoms with E-state index in [1.54, 1.807) is 0 Å². The quantitative estimate of drug-likeness (QED) is 0.857. The lowest BCUT2D eigenvalue weighted by Gasteiger charge is -2.38. The van der Waals surface area contributed by atoms with Gasteiger partial charge in [-0.3, -0.25) is 4.79 Å². The average Bonchev–Trinajstić information content (AvgIpc) is 2.81. The number of halogens is 1. The van der Waals surface area contributed by atoms with Crippen LogP contribution in [0.1, 0.15) is 46.0 Å². The van der Waals surface area contributed by atoms with Crippen LogP contribution in [0.5, 0.6) is 0 Å². The van der Waals surface area contributed by atoms with Gasteiger partial charge in [-0.15, -0.1) is 12.4 Å². The van der Waals surface area contributed by atoms with E-state index in [0.717, 1.165) is 26.1 Å². The first kappa shape index (κ1) is 15.8. The normalized spacial score (nSPS) is 28.3. The van der Waals surface area contributed by atoms with E-state index in [2.05, 4.69) is 24.1 Å². The molecule has 2 unspecified atom stereocenters. The van der Waals surface area contributed by atoms with Crippen molar-refractivity contribution < 1.29 is 4.79 Å². The summed E-state index contributed by atoms with van der Waals surface area (Å²) in [5.74, 6) is 1.36. The second-order valence-corrected chi connectivity index (χ2v) is 6.00. The lowest BCUT2D eigenvalue weighted by Crippen LogP contribution is -2.47. The predicted octanol–water partition coefficient (Wildman–Crippen LogP) is 2.44. The molecule has 2 fully saturated rings. The van der Waals surface area contributed by atoms with Gasteiger partial charge in [0.1, 0.15) is 0 Å². The molecular weight excluding hydrogens is 248 g/mol. The van der Waals surface area contributed by atoms with Gasteiger partial charge in [0.25, 0.3) is 0 Å². The van der Waals surface area contributed by atoms with E-state index in [0.29, 0.717) is 17.9 Å². The Hall–Kier alpha value is -0.280. The van der Waals surface area contributed by atoms with Crippen molar-refractivity contribution in [3.63, 3.8) is 0 Å². The summed E-state index contributed by atoms with van der Waals surface area (Å²) in [7, 11) is 0. The van der Waals surface area contributed by atoms with Gasteiger partial charge in [-0.2, -0.15) is 0 Å². The first-order valence-electron chi connectivity index (χ1n) is 7.19. The topological polar surface area (TPSA) is 32.3 Å². The molecule has 106 valence electrons. The molecule has 2 rings (SSSR count). The van der Waals surface area contributed by atoms with Crippen molar-refractivity contribution in [1.82, 2.24) is 10.2 Å². The van der Waals surface area contributed by atoms with E-state index in [1.807, 2.05) is 0 Å². The van der Waals surface area contributed by atoms with Crippen LogP contribution in [0, 0.1) is 11.8 Å². The highest BCUT2D eigenvalue weighted by molar-refractivity contribution is 5.85. The van der Waals surface area contributed by atoms with Crippen LogP contribution < -0.4 is 5.32 Å². The van der Waals surface area contributed by atoms with Crippen molar-refractivity contribution in [2.45, 2.75) is 52.0 Å². The van der Waals surface area contributed by atoms with Crippen molar-refractivity contribution in [1.29, 1.82) is 0 Å². The fourth-order valence-electron chi connectivity index (χ4n) is 3.18. The van der Waals surface area contributed by atoms with Crippen LogP contribution in [0.3, 0.4) is 0 Å². The van der Waals surface area contributed by atoms with Gasteiger partial charge in [0, 0.05) is 19.1 Å². The molecule has 3 nitrogen and oxygen atoms in total. The molecular formula is C14H27ClN2O. The Morgan fingerprint density at radius 2 is 2.11 bits per heavy atom. The monoisotopic (exact) mass is 274 g/mol. The number of nitrogens with one attached hydrogen (secondary N) is 1. The van der Waals surface area contributed by atoms with E-state index >= 15 is 0 Å². The van der Waals surface area contributed by atoms with Gasteiger partial charge in [-0.25, -0.2) is 0 Å². The molecule has 0 aliphatic carbocycles. The second kappa shape index (κ2) is 7.34. The first-order chi connectivity index (χ1) is 8.18. The van der Waals surface area contributed by atoms with Crippen molar-refractivity contribution in [3.05, 3.63) is 0 Å². The minimum atomic E-state index is 0. The number of piperidine rings is 1. The standard InChI is InChI=1S/C14H26N2O.ClH/c1-11(2)9-13-5-3-4-8-16(13)14(17)12-6-7-15-10-12;/h11-13,15H,3-10H2,1-2H3;1H. The Morgan fingerprint density at radius 3 is 2.72 bits per heavy atom. The number of nitrogens with zero attached hydrogens (tertiary/aromatic N) is 1. The summed E-state index contributed by atoms with van der Waals surface area (Å²) in [4.78, 5) is 14.7. The van der Waals surface area contributed by atoms with Crippen molar-refractivity contribution >= 4 is 18.3 Å². The van der Waals surface area contributed by atoms with Crippen LogP contribution in [0.4, 0.5) is 0 Å². The number of hydrogen-bond donors (Lipinski definition) is 1. The summed E-state index contributed by atoms with van der Waals surface area (Å²) >= 11 is 0. The van der Waals surface area contributed by atoms with Crippen LogP contribution in [-0.4, -0.2) is 36.5 Å². The van der Waals surface area contributed by atoms with Gasteiger partial charge in [0.2, 0.25) is 5.91 Å². The van der Waals surface area contributed by atoms with E-state index in [9.17, 15) is 4.79 Å². The smallest absolute Gasteiger partial charge is 0.227 e. The minimum Gasteiger partial charge on any atom is -0.339 e. The lowest BCUT2D eigenvalue weighted by molar-refractivity contribution is -0.139. The SMILES string of the molecule is CC(C)CC1CCCCN1C(=O)C1CCNC1.Cl.